The third-order valence-electron chi connectivity index (χ3n) is 6.14. The molecule has 0 N–H and O–H groups in total. The molecule has 33 heavy (non-hydrogen) atoms. The second kappa shape index (κ2) is 8.51. The average molecular weight is 472 g/mol. The summed E-state index contributed by atoms with van der Waals surface area (Å²) in [5, 5.41) is 9.56. The van der Waals surface area contributed by atoms with Crippen molar-refractivity contribution in [3.05, 3.63) is 58.8 Å². The van der Waals surface area contributed by atoms with Crippen LogP contribution in [0.4, 0.5) is 21.0 Å². The van der Waals surface area contributed by atoms with Crippen molar-refractivity contribution < 1.29 is 13.9 Å². The summed E-state index contributed by atoms with van der Waals surface area (Å²) in [6.07, 6.45) is 0.795. The van der Waals surface area contributed by atoms with Crippen LogP contribution in [0, 0.1) is 5.82 Å². The maximum Gasteiger partial charge on any atom is 0.410 e. The topological polar surface area (TPSA) is 79.6 Å². The van der Waals surface area contributed by atoms with Gasteiger partial charge in [-0.25, -0.2) is 14.2 Å². The van der Waals surface area contributed by atoms with Crippen molar-refractivity contribution in [3.63, 3.8) is 0 Å². The van der Waals surface area contributed by atoms with Gasteiger partial charge in [-0.15, -0.1) is 10.2 Å². The van der Waals surface area contributed by atoms with Crippen molar-refractivity contribution in [2.45, 2.75) is 19.5 Å². The zero-order valence-electron chi connectivity index (χ0n) is 18.3. The predicted octanol–water partition coefficient (Wildman–Crippen LogP) is 3.42. The lowest BCUT2D eigenvalue weighted by atomic mass is 10.1. The fraction of sp³-hybridized carbons (Fsp3) is 0.364. The largest absolute Gasteiger partial charge is 0.453 e. The van der Waals surface area contributed by atoms with Crippen molar-refractivity contribution in [1.82, 2.24) is 24.6 Å². The highest BCUT2D eigenvalue weighted by Gasteiger charge is 2.34. The van der Waals surface area contributed by atoms with Crippen LogP contribution in [-0.2, 0) is 11.3 Å². The van der Waals surface area contributed by atoms with Crippen LogP contribution in [0.15, 0.2) is 36.5 Å². The standard InChI is InChI=1S/C22H23ClFN7O2/c1-14-20-26-27-21(29-9-7-28(8-10-29)19-6-4-17(24)12-25-19)31(20)18-5-3-16(23)11-15(18)13-30(14)22(32)33-2/h3-6,11-12,14H,7-10,13H2,1-2H3. The molecule has 0 aliphatic carbocycles. The molecule has 1 fully saturated rings. The minimum atomic E-state index is -0.438. The Bertz CT molecular complexity index is 1180. The Balaban J connectivity index is 1.48. The summed E-state index contributed by atoms with van der Waals surface area (Å²) >= 11 is 6.28. The Hall–Kier alpha value is -3.40. The molecule has 1 atom stereocenters. The van der Waals surface area contributed by atoms with Gasteiger partial charge in [-0.2, -0.15) is 0 Å². The van der Waals surface area contributed by atoms with Gasteiger partial charge in [0.1, 0.15) is 11.6 Å². The highest BCUT2D eigenvalue weighted by molar-refractivity contribution is 6.30. The molecule has 1 amide bonds. The lowest BCUT2D eigenvalue weighted by Crippen LogP contribution is -2.47. The molecule has 172 valence electrons. The van der Waals surface area contributed by atoms with E-state index in [1.54, 1.807) is 11.0 Å². The molecular weight excluding hydrogens is 449 g/mol. The molecule has 9 nitrogen and oxygen atoms in total. The quantitative estimate of drug-likeness (QED) is 0.566. The van der Waals surface area contributed by atoms with Crippen molar-refractivity contribution >= 4 is 29.5 Å². The van der Waals surface area contributed by atoms with Crippen molar-refractivity contribution in [1.29, 1.82) is 0 Å². The van der Waals surface area contributed by atoms with Crippen LogP contribution in [-0.4, -0.2) is 64.0 Å². The lowest BCUT2D eigenvalue weighted by molar-refractivity contribution is 0.103. The summed E-state index contributed by atoms with van der Waals surface area (Å²) in [6, 6.07) is 8.37. The van der Waals surface area contributed by atoms with E-state index in [4.69, 9.17) is 16.3 Å². The van der Waals surface area contributed by atoms with Crippen LogP contribution in [0.3, 0.4) is 0 Å². The van der Waals surface area contributed by atoms with Gasteiger partial charge in [0.05, 0.1) is 31.6 Å². The number of nitrogens with zero attached hydrogens (tertiary/aromatic N) is 7. The first-order valence-corrected chi connectivity index (χ1v) is 11.0. The van der Waals surface area contributed by atoms with Gasteiger partial charge in [-0.3, -0.25) is 9.47 Å². The van der Waals surface area contributed by atoms with Gasteiger partial charge >= 0.3 is 6.09 Å². The molecule has 1 saturated heterocycles. The van der Waals surface area contributed by atoms with E-state index in [1.165, 1.54) is 19.4 Å². The third kappa shape index (κ3) is 3.84. The molecule has 0 saturated carbocycles. The summed E-state index contributed by atoms with van der Waals surface area (Å²) < 4.78 is 20.2. The molecule has 3 aromatic rings. The molecule has 1 unspecified atom stereocenters. The third-order valence-corrected chi connectivity index (χ3v) is 6.38. The van der Waals surface area contributed by atoms with Gasteiger partial charge in [-0.05, 0) is 42.8 Å². The zero-order valence-corrected chi connectivity index (χ0v) is 19.0. The summed E-state index contributed by atoms with van der Waals surface area (Å²) in [7, 11) is 1.37. The number of hydrogen-bond acceptors (Lipinski definition) is 7. The number of benzene rings is 1. The van der Waals surface area contributed by atoms with Crippen molar-refractivity contribution in [2.75, 3.05) is 43.1 Å². The minimum Gasteiger partial charge on any atom is -0.453 e. The molecule has 2 aromatic heterocycles. The monoisotopic (exact) mass is 471 g/mol. The Labute approximate surface area is 195 Å². The van der Waals surface area contributed by atoms with E-state index >= 15 is 0 Å². The molecule has 1 aromatic carbocycles. The van der Waals surface area contributed by atoms with E-state index in [-0.39, 0.29) is 11.9 Å². The molecule has 0 radical (unpaired) electrons. The number of pyridine rings is 1. The number of piperazine rings is 1. The number of carbonyl (C=O) groups excluding carboxylic acids is 1. The first kappa shape index (κ1) is 21.4. The van der Waals surface area contributed by atoms with Crippen molar-refractivity contribution in [3.8, 4) is 5.69 Å². The number of amides is 1. The normalized spacial score (nSPS) is 17.9. The summed E-state index contributed by atoms with van der Waals surface area (Å²) in [5.74, 6) is 1.76. The second-order valence-electron chi connectivity index (χ2n) is 8.05. The summed E-state index contributed by atoms with van der Waals surface area (Å²) in [4.78, 5) is 22.6. The Morgan fingerprint density at radius 2 is 1.88 bits per heavy atom. The Morgan fingerprint density at radius 1 is 1.12 bits per heavy atom. The van der Waals surface area contributed by atoms with Gasteiger partial charge in [0.2, 0.25) is 5.95 Å². The van der Waals surface area contributed by atoms with Gasteiger partial charge < -0.3 is 14.5 Å². The molecule has 2 aliphatic heterocycles. The van der Waals surface area contributed by atoms with Crippen LogP contribution >= 0.6 is 11.6 Å². The van der Waals surface area contributed by atoms with Crippen LogP contribution in [0.5, 0.6) is 0 Å². The summed E-state index contributed by atoms with van der Waals surface area (Å²) in [6.45, 7) is 5.05. The molecule has 0 spiro atoms. The number of halogens is 2. The van der Waals surface area contributed by atoms with Crippen LogP contribution in [0.2, 0.25) is 5.02 Å². The number of rotatable bonds is 2. The molecule has 4 heterocycles. The van der Waals surface area contributed by atoms with Gasteiger partial charge in [0, 0.05) is 31.2 Å². The number of hydrogen-bond donors (Lipinski definition) is 0. The number of aromatic nitrogens is 4. The number of methoxy groups -OCH3 is 1. The number of fused-ring (bicyclic) bond motifs is 3. The van der Waals surface area contributed by atoms with E-state index in [1.807, 2.05) is 29.7 Å². The fourth-order valence-electron chi connectivity index (χ4n) is 4.38. The smallest absolute Gasteiger partial charge is 0.410 e. The maximum absolute atomic E-state index is 13.2. The predicted molar refractivity (Wildman–Crippen MR) is 121 cm³/mol. The Kier molecular flexibility index (Phi) is 5.53. The maximum atomic E-state index is 13.2. The van der Waals surface area contributed by atoms with E-state index in [0.29, 0.717) is 49.5 Å². The molecular formula is C22H23ClFN7O2. The first-order valence-electron chi connectivity index (χ1n) is 10.7. The summed E-state index contributed by atoms with van der Waals surface area (Å²) in [5.41, 5.74) is 1.77. The number of anilines is 2. The van der Waals surface area contributed by atoms with Crippen molar-refractivity contribution in [2.24, 2.45) is 0 Å². The van der Waals surface area contributed by atoms with Gasteiger partial charge in [0.15, 0.2) is 5.82 Å². The minimum absolute atomic E-state index is 0.344. The zero-order chi connectivity index (χ0) is 23.1. The highest BCUT2D eigenvalue weighted by atomic mass is 35.5. The molecule has 0 bridgehead atoms. The van der Waals surface area contributed by atoms with E-state index in [9.17, 15) is 9.18 Å². The average Bonchev–Trinajstić information content (AvgIpc) is 3.22. The van der Waals surface area contributed by atoms with E-state index in [0.717, 1.165) is 17.1 Å². The van der Waals surface area contributed by atoms with Crippen LogP contribution in [0.1, 0.15) is 24.4 Å². The van der Waals surface area contributed by atoms with E-state index in [2.05, 4.69) is 25.0 Å². The van der Waals surface area contributed by atoms with E-state index < -0.39 is 6.09 Å². The molecule has 2 aliphatic rings. The number of ether oxygens (including phenoxy) is 1. The van der Waals surface area contributed by atoms with Gasteiger partial charge in [0.25, 0.3) is 0 Å². The number of carbonyl (C=O) groups is 1. The highest BCUT2D eigenvalue weighted by Crippen LogP contribution is 2.35. The second-order valence-corrected chi connectivity index (χ2v) is 8.49. The Morgan fingerprint density at radius 3 is 2.58 bits per heavy atom. The lowest BCUT2D eigenvalue weighted by Gasteiger charge is -2.36. The van der Waals surface area contributed by atoms with Gasteiger partial charge in [-0.1, -0.05) is 11.6 Å². The van der Waals surface area contributed by atoms with Crippen LogP contribution < -0.4 is 9.80 Å². The van der Waals surface area contributed by atoms with Crippen LogP contribution in [0.25, 0.3) is 5.69 Å². The molecule has 11 heteroatoms. The first-order chi connectivity index (χ1) is 16.0. The molecule has 5 rings (SSSR count). The fourth-order valence-corrected chi connectivity index (χ4v) is 4.58. The SMILES string of the molecule is COC(=O)N1Cc2cc(Cl)ccc2-n2c(nnc2N2CCN(c3ccc(F)cn3)CC2)C1C.